The molecule has 0 bridgehead atoms. The molecule has 0 spiro atoms. The fourth-order valence-electron chi connectivity index (χ4n) is 2.49. The number of benzene rings is 1. The number of nitrogens with one attached hydrogen (secondary N) is 1. The van der Waals surface area contributed by atoms with Gasteiger partial charge in [-0.3, -0.25) is 4.79 Å². The summed E-state index contributed by atoms with van der Waals surface area (Å²) in [5.74, 6) is -2.66. The zero-order valence-corrected chi connectivity index (χ0v) is 17.3. The van der Waals surface area contributed by atoms with Gasteiger partial charge in [0.05, 0.1) is 25.3 Å². The van der Waals surface area contributed by atoms with Crippen molar-refractivity contribution in [3.8, 4) is 0 Å². The number of methoxy groups -OCH3 is 2. The Bertz CT molecular complexity index is 931. The van der Waals surface area contributed by atoms with Gasteiger partial charge in [-0.25, -0.2) is 14.4 Å². The summed E-state index contributed by atoms with van der Waals surface area (Å²) in [6, 6.07) is 6.86. The highest BCUT2D eigenvalue weighted by molar-refractivity contribution is 7.18. The molecule has 0 saturated carbocycles. The van der Waals surface area contributed by atoms with Crippen LogP contribution in [-0.2, 0) is 25.4 Å². The largest absolute Gasteiger partial charge is 0.465 e. The summed E-state index contributed by atoms with van der Waals surface area (Å²) in [7, 11) is 2.40. The molecule has 1 N–H and O–H groups in total. The van der Waals surface area contributed by atoms with Crippen molar-refractivity contribution in [2.75, 3.05) is 26.1 Å². The molecule has 8 nitrogen and oxygen atoms in total. The topological polar surface area (TPSA) is 108 Å². The van der Waals surface area contributed by atoms with Gasteiger partial charge < -0.3 is 19.5 Å². The summed E-state index contributed by atoms with van der Waals surface area (Å²) >= 11 is 0.878. The zero-order chi connectivity index (χ0) is 21.6. The highest BCUT2D eigenvalue weighted by Crippen LogP contribution is 2.34. The molecule has 0 atom stereocenters. The monoisotopic (exact) mass is 419 g/mol. The molecule has 1 heterocycles. The predicted molar refractivity (Wildman–Crippen MR) is 106 cm³/mol. The third-order valence-electron chi connectivity index (χ3n) is 4.09. The standard InChI is InChI=1S/C20H21NO7S/c1-5-12-6-8-13(9-7-12)18(23)28-10-14(22)21-17-15(19(24)26-3)11(2)16(29-17)20(25)27-4/h6-9H,5,10H2,1-4H3,(H,21,22). The number of esters is 3. The third kappa shape index (κ3) is 5.20. The van der Waals surface area contributed by atoms with E-state index in [1.807, 2.05) is 19.1 Å². The Morgan fingerprint density at radius 1 is 0.966 bits per heavy atom. The van der Waals surface area contributed by atoms with Crippen molar-refractivity contribution in [3.63, 3.8) is 0 Å². The van der Waals surface area contributed by atoms with Gasteiger partial charge in [-0.15, -0.1) is 11.3 Å². The Kier molecular flexibility index (Phi) is 7.49. The van der Waals surface area contributed by atoms with Gasteiger partial charge in [0.2, 0.25) is 0 Å². The maximum atomic E-state index is 12.2. The van der Waals surface area contributed by atoms with Crippen molar-refractivity contribution in [2.45, 2.75) is 20.3 Å². The van der Waals surface area contributed by atoms with Gasteiger partial charge in [-0.2, -0.15) is 0 Å². The van der Waals surface area contributed by atoms with Crippen LogP contribution in [0.5, 0.6) is 0 Å². The number of anilines is 1. The maximum Gasteiger partial charge on any atom is 0.348 e. The molecule has 2 rings (SSSR count). The fourth-order valence-corrected chi connectivity index (χ4v) is 3.62. The van der Waals surface area contributed by atoms with Crippen LogP contribution in [0.2, 0.25) is 0 Å². The molecule has 1 amide bonds. The molecule has 9 heteroatoms. The number of carbonyl (C=O) groups is 4. The van der Waals surface area contributed by atoms with Crippen molar-refractivity contribution in [3.05, 3.63) is 51.4 Å². The zero-order valence-electron chi connectivity index (χ0n) is 16.5. The van der Waals surface area contributed by atoms with Crippen LogP contribution < -0.4 is 5.32 Å². The van der Waals surface area contributed by atoms with E-state index in [1.165, 1.54) is 14.2 Å². The Morgan fingerprint density at radius 3 is 2.14 bits per heavy atom. The molecular formula is C20H21NO7S. The smallest absolute Gasteiger partial charge is 0.348 e. The lowest BCUT2D eigenvalue weighted by Gasteiger charge is -2.07. The van der Waals surface area contributed by atoms with E-state index in [2.05, 4.69) is 10.1 Å². The van der Waals surface area contributed by atoms with Gasteiger partial charge >= 0.3 is 17.9 Å². The SMILES string of the molecule is CCc1ccc(C(=O)OCC(=O)Nc2sc(C(=O)OC)c(C)c2C(=O)OC)cc1. The summed E-state index contributed by atoms with van der Waals surface area (Å²) < 4.78 is 14.4. The van der Waals surface area contributed by atoms with Crippen LogP contribution in [0.4, 0.5) is 5.00 Å². The van der Waals surface area contributed by atoms with Gasteiger partial charge in [0.25, 0.3) is 5.91 Å². The molecule has 0 aliphatic heterocycles. The summed E-state index contributed by atoms with van der Waals surface area (Å²) in [5, 5.41) is 2.60. The molecular weight excluding hydrogens is 398 g/mol. The minimum absolute atomic E-state index is 0.0488. The summed E-state index contributed by atoms with van der Waals surface area (Å²) in [6.07, 6.45) is 0.841. The lowest BCUT2D eigenvalue weighted by atomic mass is 10.1. The van der Waals surface area contributed by atoms with Crippen LogP contribution >= 0.6 is 11.3 Å². The first-order valence-electron chi connectivity index (χ1n) is 8.68. The Balaban J connectivity index is 2.10. The minimum atomic E-state index is -0.711. The van der Waals surface area contributed by atoms with Gasteiger partial charge in [0.15, 0.2) is 6.61 Å². The molecule has 2 aromatic rings. The Hall–Kier alpha value is -3.20. The van der Waals surface area contributed by atoms with E-state index in [4.69, 9.17) is 9.47 Å². The van der Waals surface area contributed by atoms with Crippen molar-refractivity contribution < 1.29 is 33.4 Å². The molecule has 0 aliphatic carbocycles. The third-order valence-corrected chi connectivity index (χ3v) is 5.28. The van der Waals surface area contributed by atoms with Crippen LogP contribution in [0.3, 0.4) is 0 Å². The van der Waals surface area contributed by atoms with Crippen molar-refractivity contribution >= 4 is 40.2 Å². The predicted octanol–water partition coefficient (Wildman–Crippen LogP) is 2.99. The summed E-state index contributed by atoms with van der Waals surface area (Å²) in [6.45, 7) is 2.99. The van der Waals surface area contributed by atoms with Crippen molar-refractivity contribution in [1.82, 2.24) is 0 Å². The summed E-state index contributed by atoms with van der Waals surface area (Å²) in [5.41, 5.74) is 1.78. The first kappa shape index (κ1) is 22.1. The fraction of sp³-hybridized carbons (Fsp3) is 0.300. The van der Waals surface area contributed by atoms with Crippen LogP contribution in [0.25, 0.3) is 0 Å². The molecule has 154 valence electrons. The quantitative estimate of drug-likeness (QED) is 0.543. The van der Waals surface area contributed by atoms with E-state index in [-0.39, 0.29) is 15.4 Å². The number of carbonyl (C=O) groups excluding carboxylic acids is 4. The van der Waals surface area contributed by atoms with Crippen LogP contribution in [-0.4, -0.2) is 44.6 Å². The van der Waals surface area contributed by atoms with Crippen LogP contribution in [0, 0.1) is 6.92 Å². The van der Waals surface area contributed by atoms with E-state index in [9.17, 15) is 19.2 Å². The van der Waals surface area contributed by atoms with E-state index >= 15 is 0 Å². The summed E-state index contributed by atoms with van der Waals surface area (Å²) in [4.78, 5) is 48.4. The number of hydrogen-bond donors (Lipinski definition) is 1. The molecule has 1 aromatic carbocycles. The van der Waals surface area contributed by atoms with Gasteiger partial charge in [0, 0.05) is 0 Å². The average molecular weight is 419 g/mol. The van der Waals surface area contributed by atoms with E-state index < -0.39 is 30.4 Å². The molecule has 0 saturated heterocycles. The van der Waals surface area contributed by atoms with Crippen LogP contribution in [0.15, 0.2) is 24.3 Å². The number of thiophene rings is 1. The molecule has 0 aliphatic rings. The molecule has 0 radical (unpaired) electrons. The van der Waals surface area contributed by atoms with Crippen molar-refractivity contribution in [1.29, 1.82) is 0 Å². The van der Waals surface area contributed by atoms with E-state index in [0.29, 0.717) is 11.1 Å². The first-order chi connectivity index (χ1) is 13.8. The second-order valence-corrected chi connectivity index (χ2v) is 6.94. The van der Waals surface area contributed by atoms with Crippen LogP contribution in [0.1, 0.15) is 48.4 Å². The second-order valence-electron chi connectivity index (χ2n) is 5.92. The Morgan fingerprint density at radius 2 is 1.59 bits per heavy atom. The lowest BCUT2D eigenvalue weighted by molar-refractivity contribution is -0.119. The van der Waals surface area contributed by atoms with Gasteiger partial charge in [-0.05, 0) is 36.6 Å². The average Bonchev–Trinajstić information content (AvgIpc) is 3.06. The Labute approximate surface area is 171 Å². The number of amides is 1. The molecule has 1 aromatic heterocycles. The number of rotatable bonds is 7. The van der Waals surface area contributed by atoms with Gasteiger partial charge in [-0.1, -0.05) is 19.1 Å². The van der Waals surface area contributed by atoms with E-state index in [0.717, 1.165) is 23.3 Å². The lowest BCUT2D eigenvalue weighted by Crippen LogP contribution is -2.21. The normalized spacial score (nSPS) is 10.2. The molecule has 29 heavy (non-hydrogen) atoms. The first-order valence-corrected chi connectivity index (χ1v) is 9.49. The maximum absolute atomic E-state index is 12.2. The highest BCUT2D eigenvalue weighted by atomic mass is 32.1. The number of hydrogen-bond acceptors (Lipinski definition) is 8. The number of ether oxygens (including phenoxy) is 3. The van der Waals surface area contributed by atoms with Gasteiger partial charge in [0.1, 0.15) is 9.88 Å². The van der Waals surface area contributed by atoms with Crippen molar-refractivity contribution in [2.24, 2.45) is 0 Å². The number of aryl methyl sites for hydroxylation is 1. The van der Waals surface area contributed by atoms with E-state index in [1.54, 1.807) is 19.1 Å². The minimum Gasteiger partial charge on any atom is -0.465 e. The molecule has 0 unspecified atom stereocenters. The molecule has 0 fully saturated rings. The highest BCUT2D eigenvalue weighted by Gasteiger charge is 2.27. The second kappa shape index (κ2) is 9.83.